The van der Waals surface area contributed by atoms with Gasteiger partial charge in [-0.15, -0.1) is 0 Å². The summed E-state index contributed by atoms with van der Waals surface area (Å²) < 4.78 is 5.69. The molecule has 0 bridgehead atoms. The number of furan rings is 1. The topological polar surface area (TPSA) is 62.6 Å². The summed E-state index contributed by atoms with van der Waals surface area (Å²) in [4.78, 5) is 25.6. The van der Waals surface area contributed by atoms with Crippen LogP contribution in [0.5, 0.6) is 0 Å². The lowest BCUT2D eigenvalue weighted by Crippen LogP contribution is -2.23. The van der Waals surface area contributed by atoms with Crippen LogP contribution in [0.15, 0.2) is 47.1 Å². The molecule has 5 nitrogen and oxygen atoms in total. The summed E-state index contributed by atoms with van der Waals surface area (Å²) in [5.41, 5.74) is 6.21. The van der Waals surface area contributed by atoms with Crippen molar-refractivity contribution >= 4 is 28.5 Å². The number of carbonyl (C=O) groups is 2. The highest BCUT2D eigenvalue weighted by molar-refractivity contribution is 5.95. The standard InChI is InChI=1S/C23H24N2O3/c1-15(26)25(2)13-16-5-3-8-20(9-16)24-23(27)12-19-14-28-22-11-18-7-4-6-17(18)10-21(19)22/h3,5,8-11,14H,4,6-7,12-13H2,1-2H3,(H,24,27). The number of fused-ring (bicyclic) bond motifs is 2. The van der Waals surface area contributed by atoms with Gasteiger partial charge >= 0.3 is 0 Å². The normalized spacial score (nSPS) is 12.8. The lowest BCUT2D eigenvalue weighted by Gasteiger charge is -2.15. The molecule has 28 heavy (non-hydrogen) atoms. The maximum Gasteiger partial charge on any atom is 0.228 e. The molecular formula is C23H24N2O3. The molecule has 0 fully saturated rings. The van der Waals surface area contributed by atoms with Gasteiger partial charge in [0.1, 0.15) is 5.58 Å². The number of rotatable bonds is 5. The van der Waals surface area contributed by atoms with Crippen LogP contribution in [-0.4, -0.2) is 23.8 Å². The van der Waals surface area contributed by atoms with E-state index in [-0.39, 0.29) is 18.2 Å². The van der Waals surface area contributed by atoms with Crippen LogP contribution in [0.1, 0.15) is 35.6 Å². The van der Waals surface area contributed by atoms with E-state index in [0.717, 1.165) is 40.6 Å². The fourth-order valence-electron chi connectivity index (χ4n) is 3.80. The predicted octanol–water partition coefficient (Wildman–Crippen LogP) is 4.08. The van der Waals surface area contributed by atoms with E-state index in [1.54, 1.807) is 18.2 Å². The second-order valence-electron chi connectivity index (χ2n) is 7.53. The molecule has 0 saturated carbocycles. The summed E-state index contributed by atoms with van der Waals surface area (Å²) in [6.07, 6.45) is 5.36. The third-order valence-electron chi connectivity index (χ3n) is 5.39. The summed E-state index contributed by atoms with van der Waals surface area (Å²) in [6.45, 7) is 2.05. The molecule has 1 aromatic heterocycles. The van der Waals surface area contributed by atoms with Gasteiger partial charge in [-0.2, -0.15) is 0 Å². The van der Waals surface area contributed by atoms with Crippen molar-refractivity contribution in [2.24, 2.45) is 0 Å². The molecule has 1 N–H and O–H groups in total. The van der Waals surface area contributed by atoms with Gasteiger partial charge in [0.15, 0.2) is 0 Å². The molecule has 2 amide bonds. The number of nitrogens with zero attached hydrogens (tertiary/aromatic N) is 1. The molecule has 1 heterocycles. The average molecular weight is 376 g/mol. The van der Waals surface area contributed by atoms with E-state index in [4.69, 9.17) is 4.42 Å². The zero-order valence-corrected chi connectivity index (χ0v) is 16.2. The Morgan fingerprint density at radius 1 is 1.14 bits per heavy atom. The molecule has 0 unspecified atom stereocenters. The molecule has 4 rings (SSSR count). The fraction of sp³-hybridized carbons (Fsp3) is 0.304. The molecular weight excluding hydrogens is 352 g/mol. The van der Waals surface area contributed by atoms with E-state index >= 15 is 0 Å². The van der Waals surface area contributed by atoms with Crippen LogP contribution in [0.3, 0.4) is 0 Å². The van der Waals surface area contributed by atoms with Crippen LogP contribution < -0.4 is 5.32 Å². The third kappa shape index (κ3) is 3.79. The molecule has 0 atom stereocenters. The molecule has 1 aliphatic rings. The van der Waals surface area contributed by atoms with Crippen LogP contribution in [0, 0.1) is 0 Å². The Morgan fingerprint density at radius 3 is 2.71 bits per heavy atom. The lowest BCUT2D eigenvalue weighted by molar-refractivity contribution is -0.128. The van der Waals surface area contributed by atoms with Crippen molar-refractivity contribution in [1.29, 1.82) is 0 Å². The molecule has 1 aliphatic carbocycles. The number of amides is 2. The van der Waals surface area contributed by atoms with Gasteiger partial charge in [0.2, 0.25) is 11.8 Å². The van der Waals surface area contributed by atoms with E-state index in [1.807, 2.05) is 24.3 Å². The summed E-state index contributed by atoms with van der Waals surface area (Å²) in [7, 11) is 1.76. The quantitative estimate of drug-likeness (QED) is 0.730. The molecule has 5 heteroatoms. The number of hydrogen-bond acceptors (Lipinski definition) is 3. The monoisotopic (exact) mass is 376 g/mol. The highest BCUT2D eigenvalue weighted by Gasteiger charge is 2.17. The summed E-state index contributed by atoms with van der Waals surface area (Å²) in [5.74, 6) is -0.0759. The van der Waals surface area contributed by atoms with Gasteiger partial charge in [-0.1, -0.05) is 12.1 Å². The Kier molecular flexibility index (Phi) is 4.90. The SMILES string of the molecule is CC(=O)N(C)Cc1cccc(NC(=O)Cc2coc3cc4c(cc23)CCC4)c1. The number of aryl methyl sites for hydroxylation is 2. The minimum absolute atomic E-state index is 0.00719. The van der Waals surface area contributed by atoms with Crippen molar-refractivity contribution in [2.75, 3.05) is 12.4 Å². The summed E-state index contributed by atoms with van der Waals surface area (Å²) in [5, 5.41) is 3.99. The fourth-order valence-corrected chi connectivity index (χ4v) is 3.80. The van der Waals surface area contributed by atoms with E-state index in [1.165, 1.54) is 24.5 Å². The lowest BCUT2D eigenvalue weighted by atomic mass is 10.0. The Labute approximate surface area is 164 Å². The van der Waals surface area contributed by atoms with E-state index in [2.05, 4.69) is 17.4 Å². The highest BCUT2D eigenvalue weighted by atomic mass is 16.3. The van der Waals surface area contributed by atoms with Crippen LogP contribution in [0.4, 0.5) is 5.69 Å². The van der Waals surface area contributed by atoms with Crippen molar-refractivity contribution in [2.45, 2.75) is 39.2 Å². The number of nitrogens with one attached hydrogen (secondary N) is 1. The van der Waals surface area contributed by atoms with Crippen molar-refractivity contribution in [3.8, 4) is 0 Å². The van der Waals surface area contributed by atoms with E-state index < -0.39 is 0 Å². The minimum Gasteiger partial charge on any atom is -0.464 e. The molecule has 2 aromatic carbocycles. The summed E-state index contributed by atoms with van der Waals surface area (Å²) in [6, 6.07) is 11.9. The molecule has 0 saturated heterocycles. The second-order valence-corrected chi connectivity index (χ2v) is 7.53. The van der Waals surface area contributed by atoms with Crippen molar-refractivity contribution < 1.29 is 14.0 Å². The van der Waals surface area contributed by atoms with Gasteiger partial charge in [0.05, 0.1) is 12.7 Å². The minimum atomic E-state index is -0.0831. The molecule has 0 radical (unpaired) electrons. The zero-order chi connectivity index (χ0) is 19.7. The number of carbonyl (C=O) groups excluding carboxylic acids is 2. The Morgan fingerprint density at radius 2 is 1.93 bits per heavy atom. The van der Waals surface area contributed by atoms with Gasteiger partial charge in [-0.3, -0.25) is 9.59 Å². The van der Waals surface area contributed by atoms with Crippen LogP contribution >= 0.6 is 0 Å². The van der Waals surface area contributed by atoms with Crippen LogP contribution in [0.25, 0.3) is 11.0 Å². The van der Waals surface area contributed by atoms with Crippen molar-refractivity contribution in [3.63, 3.8) is 0 Å². The van der Waals surface area contributed by atoms with Crippen LogP contribution in [0.2, 0.25) is 0 Å². The molecule has 144 valence electrons. The van der Waals surface area contributed by atoms with Gasteiger partial charge < -0.3 is 14.6 Å². The van der Waals surface area contributed by atoms with Gasteiger partial charge in [-0.05, 0) is 60.2 Å². The molecule has 0 spiro atoms. The molecule has 0 aliphatic heterocycles. The second kappa shape index (κ2) is 7.50. The van der Waals surface area contributed by atoms with E-state index in [9.17, 15) is 9.59 Å². The predicted molar refractivity (Wildman–Crippen MR) is 109 cm³/mol. The maximum absolute atomic E-state index is 12.6. The summed E-state index contributed by atoms with van der Waals surface area (Å²) >= 11 is 0. The van der Waals surface area contributed by atoms with Gasteiger partial charge in [0.25, 0.3) is 0 Å². The van der Waals surface area contributed by atoms with Crippen LogP contribution in [-0.2, 0) is 35.4 Å². The Bertz CT molecular complexity index is 1050. The number of anilines is 1. The first-order valence-corrected chi connectivity index (χ1v) is 9.62. The Balaban J connectivity index is 1.46. The van der Waals surface area contributed by atoms with Gasteiger partial charge in [0, 0.05) is 37.2 Å². The average Bonchev–Trinajstić information content (AvgIpc) is 3.26. The first kappa shape index (κ1) is 18.3. The first-order chi connectivity index (χ1) is 13.5. The zero-order valence-electron chi connectivity index (χ0n) is 16.2. The number of benzene rings is 2. The van der Waals surface area contributed by atoms with Crippen molar-refractivity contribution in [1.82, 2.24) is 4.90 Å². The smallest absolute Gasteiger partial charge is 0.228 e. The highest BCUT2D eigenvalue weighted by Crippen LogP contribution is 2.30. The Hall–Kier alpha value is -3.08. The third-order valence-corrected chi connectivity index (χ3v) is 5.39. The number of hydrogen-bond donors (Lipinski definition) is 1. The maximum atomic E-state index is 12.6. The van der Waals surface area contributed by atoms with Gasteiger partial charge in [-0.25, -0.2) is 0 Å². The largest absolute Gasteiger partial charge is 0.464 e. The van der Waals surface area contributed by atoms with E-state index in [0.29, 0.717) is 6.54 Å². The molecule has 3 aromatic rings. The first-order valence-electron chi connectivity index (χ1n) is 9.62. The van der Waals surface area contributed by atoms with Crippen molar-refractivity contribution in [3.05, 3.63) is 64.9 Å².